The van der Waals surface area contributed by atoms with Crippen LogP contribution < -0.4 is 10.1 Å². The van der Waals surface area contributed by atoms with Crippen LogP contribution in [-0.4, -0.2) is 19.2 Å². The van der Waals surface area contributed by atoms with Gasteiger partial charge in [-0.05, 0) is 62.3 Å². The molecule has 1 atom stereocenters. The molecule has 0 spiro atoms. The van der Waals surface area contributed by atoms with E-state index < -0.39 is 0 Å². The Bertz CT molecular complexity index is 383. The van der Waals surface area contributed by atoms with Crippen molar-refractivity contribution in [3.8, 4) is 5.75 Å². The lowest BCUT2D eigenvalue weighted by Crippen LogP contribution is -2.23. The van der Waals surface area contributed by atoms with E-state index in [-0.39, 0.29) is 0 Å². The minimum absolute atomic E-state index is 0.694. The normalized spacial score (nSPS) is 23.9. The van der Waals surface area contributed by atoms with E-state index in [2.05, 4.69) is 23.5 Å². The Morgan fingerprint density at radius 2 is 2.24 bits per heavy atom. The summed E-state index contributed by atoms with van der Waals surface area (Å²) in [4.78, 5) is 0. The highest BCUT2D eigenvalue weighted by Crippen LogP contribution is 2.26. The summed E-state index contributed by atoms with van der Waals surface area (Å²) in [5.74, 6) is 1.12. The minimum atomic E-state index is 0.694. The van der Waals surface area contributed by atoms with Crippen LogP contribution in [0.15, 0.2) is 18.2 Å². The van der Waals surface area contributed by atoms with Gasteiger partial charge in [0.05, 0.1) is 6.61 Å². The second kappa shape index (κ2) is 5.09. The monoisotopic (exact) mass is 231 g/mol. The summed E-state index contributed by atoms with van der Waals surface area (Å²) >= 11 is 0. The molecule has 0 saturated carbocycles. The van der Waals surface area contributed by atoms with Gasteiger partial charge in [0.25, 0.3) is 0 Å². The van der Waals surface area contributed by atoms with Crippen molar-refractivity contribution < 1.29 is 4.74 Å². The third-order valence-corrected chi connectivity index (χ3v) is 3.87. The number of benzene rings is 1. The summed E-state index contributed by atoms with van der Waals surface area (Å²) in [6.07, 6.45) is 7.47. The number of rotatable bonds is 2. The van der Waals surface area contributed by atoms with E-state index in [1.807, 2.05) is 0 Å². The van der Waals surface area contributed by atoms with E-state index in [0.29, 0.717) is 6.04 Å². The first-order valence-electron chi connectivity index (χ1n) is 6.90. The van der Waals surface area contributed by atoms with Crippen molar-refractivity contribution in [3.63, 3.8) is 0 Å². The molecule has 0 aliphatic carbocycles. The van der Waals surface area contributed by atoms with E-state index in [9.17, 15) is 0 Å². The van der Waals surface area contributed by atoms with Crippen molar-refractivity contribution in [2.24, 2.45) is 0 Å². The molecule has 2 aliphatic rings. The molecule has 1 aromatic rings. The van der Waals surface area contributed by atoms with Crippen molar-refractivity contribution >= 4 is 0 Å². The lowest BCUT2D eigenvalue weighted by atomic mass is 10.00. The van der Waals surface area contributed by atoms with Gasteiger partial charge in [-0.2, -0.15) is 0 Å². The zero-order chi connectivity index (χ0) is 11.5. The average molecular weight is 231 g/mol. The Balaban J connectivity index is 1.74. The number of aryl methyl sites for hydroxylation is 1. The Hall–Kier alpha value is -1.02. The highest BCUT2D eigenvalue weighted by Gasteiger charge is 2.16. The largest absolute Gasteiger partial charge is 0.493 e. The van der Waals surface area contributed by atoms with Gasteiger partial charge in [0.1, 0.15) is 5.75 Å². The molecule has 1 unspecified atom stereocenters. The Morgan fingerprint density at radius 1 is 1.24 bits per heavy atom. The van der Waals surface area contributed by atoms with Gasteiger partial charge in [-0.25, -0.2) is 0 Å². The third kappa shape index (κ3) is 2.63. The van der Waals surface area contributed by atoms with Crippen LogP contribution in [-0.2, 0) is 12.8 Å². The van der Waals surface area contributed by atoms with Gasteiger partial charge in [0.15, 0.2) is 0 Å². The molecule has 2 heterocycles. The number of nitrogens with one attached hydrogen (secondary N) is 1. The van der Waals surface area contributed by atoms with Crippen LogP contribution in [0.3, 0.4) is 0 Å². The summed E-state index contributed by atoms with van der Waals surface area (Å²) in [6.45, 7) is 2.08. The fourth-order valence-electron chi connectivity index (χ4n) is 2.91. The van der Waals surface area contributed by atoms with Crippen LogP contribution in [0.1, 0.15) is 36.8 Å². The van der Waals surface area contributed by atoms with E-state index in [1.54, 1.807) is 0 Å². The second-order valence-electron chi connectivity index (χ2n) is 5.25. The molecular formula is C15H21NO. The first-order valence-corrected chi connectivity index (χ1v) is 6.90. The summed E-state index contributed by atoms with van der Waals surface area (Å²) in [6, 6.07) is 7.47. The van der Waals surface area contributed by atoms with Gasteiger partial charge in [0, 0.05) is 6.04 Å². The highest BCUT2D eigenvalue weighted by molar-refractivity contribution is 5.38. The quantitative estimate of drug-likeness (QED) is 0.845. The Morgan fingerprint density at radius 3 is 3.12 bits per heavy atom. The molecule has 3 rings (SSSR count). The molecule has 0 aromatic heterocycles. The molecule has 0 bridgehead atoms. The van der Waals surface area contributed by atoms with Crippen LogP contribution >= 0.6 is 0 Å². The number of fused-ring (bicyclic) bond motifs is 1. The highest BCUT2D eigenvalue weighted by atomic mass is 16.5. The summed E-state index contributed by atoms with van der Waals surface area (Å²) in [7, 11) is 0. The lowest BCUT2D eigenvalue weighted by Gasteiger charge is -2.13. The van der Waals surface area contributed by atoms with Crippen molar-refractivity contribution in [3.05, 3.63) is 29.3 Å². The van der Waals surface area contributed by atoms with Crippen molar-refractivity contribution in [1.82, 2.24) is 5.32 Å². The maximum atomic E-state index is 5.76. The third-order valence-electron chi connectivity index (χ3n) is 3.87. The summed E-state index contributed by atoms with van der Waals surface area (Å²) in [5.41, 5.74) is 2.88. The standard InChI is InChI=1S/C15H21NO/c1-2-9-17-15-7-6-12(10-13(15)4-1)11-14-5-3-8-16-14/h6-7,10,14,16H,1-5,8-9,11H2. The molecule has 17 heavy (non-hydrogen) atoms. The smallest absolute Gasteiger partial charge is 0.122 e. The molecule has 1 N–H and O–H groups in total. The van der Waals surface area contributed by atoms with Gasteiger partial charge >= 0.3 is 0 Å². The van der Waals surface area contributed by atoms with Crippen LogP contribution in [0, 0.1) is 0 Å². The fraction of sp³-hybridized carbons (Fsp3) is 0.600. The zero-order valence-corrected chi connectivity index (χ0v) is 10.4. The topological polar surface area (TPSA) is 21.3 Å². The van der Waals surface area contributed by atoms with Crippen molar-refractivity contribution in [2.75, 3.05) is 13.2 Å². The maximum absolute atomic E-state index is 5.76. The average Bonchev–Trinajstić information content (AvgIpc) is 2.73. The van der Waals surface area contributed by atoms with Crippen LogP contribution in [0.2, 0.25) is 0 Å². The molecule has 0 amide bonds. The molecule has 2 nitrogen and oxygen atoms in total. The molecule has 1 saturated heterocycles. The van der Waals surface area contributed by atoms with Crippen LogP contribution in [0.25, 0.3) is 0 Å². The molecule has 2 aliphatic heterocycles. The molecule has 0 radical (unpaired) electrons. The van der Waals surface area contributed by atoms with Gasteiger partial charge in [-0.1, -0.05) is 12.1 Å². The molecule has 1 aromatic carbocycles. The summed E-state index contributed by atoms with van der Waals surface area (Å²) in [5, 5.41) is 3.57. The first kappa shape index (κ1) is 11.1. The van der Waals surface area contributed by atoms with E-state index >= 15 is 0 Å². The number of hydrogen-bond acceptors (Lipinski definition) is 2. The van der Waals surface area contributed by atoms with Gasteiger partial charge in [0.2, 0.25) is 0 Å². The van der Waals surface area contributed by atoms with Crippen LogP contribution in [0.5, 0.6) is 5.75 Å². The van der Waals surface area contributed by atoms with Crippen molar-refractivity contribution in [1.29, 1.82) is 0 Å². The first-order chi connectivity index (χ1) is 8.42. The molecule has 2 heteroatoms. The summed E-state index contributed by atoms with van der Waals surface area (Å²) < 4.78 is 5.76. The Kier molecular flexibility index (Phi) is 3.32. The second-order valence-corrected chi connectivity index (χ2v) is 5.25. The fourth-order valence-corrected chi connectivity index (χ4v) is 2.91. The van der Waals surface area contributed by atoms with E-state index in [1.165, 1.54) is 56.2 Å². The van der Waals surface area contributed by atoms with Gasteiger partial charge in [-0.15, -0.1) is 0 Å². The number of ether oxygens (including phenoxy) is 1. The Labute approximate surface area is 103 Å². The number of hydrogen-bond donors (Lipinski definition) is 1. The minimum Gasteiger partial charge on any atom is -0.493 e. The SMILES string of the molecule is c1cc2c(cc1CC1CCCN1)CCCCO2. The predicted molar refractivity (Wildman–Crippen MR) is 69.6 cm³/mol. The van der Waals surface area contributed by atoms with Gasteiger partial charge < -0.3 is 10.1 Å². The molecule has 1 fully saturated rings. The van der Waals surface area contributed by atoms with Crippen molar-refractivity contribution in [2.45, 2.75) is 44.6 Å². The van der Waals surface area contributed by atoms with Gasteiger partial charge in [-0.3, -0.25) is 0 Å². The zero-order valence-electron chi connectivity index (χ0n) is 10.4. The van der Waals surface area contributed by atoms with E-state index in [4.69, 9.17) is 4.74 Å². The van der Waals surface area contributed by atoms with Crippen LogP contribution in [0.4, 0.5) is 0 Å². The molecular weight excluding hydrogens is 210 g/mol. The predicted octanol–water partition coefficient (Wildman–Crippen LogP) is 2.70. The molecule has 92 valence electrons. The maximum Gasteiger partial charge on any atom is 0.122 e. The van der Waals surface area contributed by atoms with E-state index in [0.717, 1.165) is 12.4 Å². The lowest BCUT2D eigenvalue weighted by molar-refractivity contribution is 0.317.